The van der Waals surface area contributed by atoms with E-state index in [1.807, 2.05) is 0 Å². The standard InChI is InChI=1S/3C8H8I2/c3*1-5-3-4-6(2)8(10)7(5)9/h3*3-4H,1-2H3. The van der Waals surface area contributed by atoms with Crippen LogP contribution in [-0.2, 0) is 0 Å². The Morgan fingerprint density at radius 3 is 0.500 bits per heavy atom. The number of rotatable bonds is 0. The van der Waals surface area contributed by atoms with Crippen molar-refractivity contribution in [2.24, 2.45) is 0 Å². The monoisotopic (exact) mass is 1070 g/mol. The fourth-order valence-electron chi connectivity index (χ4n) is 2.23. The van der Waals surface area contributed by atoms with Gasteiger partial charge in [-0.3, -0.25) is 0 Å². The fourth-order valence-corrected chi connectivity index (χ4v) is 5.86. The first kappa shape index (κ1) is 30.1. The maximum absolute atomic E-state index is 2.39. The van der Waals surface area contributed by atoms with Crippen molar-refractivity contribution in [3.05, 3.63) is 91.2 Å². The van der Waals surface area contributed by atoms with Crippen LogP contribution in [0.1, 0.15) is 33.4 Å². The third-order valence-electron chi connectivity index (χ3n) is 4.41. The maximum Gasteiger partial charge on any atom is 0.0295 e. The normalized spacial score (nSPS) is 10.0. The highest BCUT2D eigenvalue weighted by atomic mass is 127. The molecule has 0 saturated heterocycles. The highest BCUT2D eigenvalue weighted by molar-refractivity contribution is 14.1. The van der Waals surface area contributed by atoms with Crippen molar-refractivity contribution < 1.29 is 0 Å². The number of benzene rings is 3. The lowest BCUT2D eigenvalue weighted by atomic mass is 10.2. The molecule has 0 radical (unpaired) electrons. The van der Waals surface area contributed by atoms with Crippen molar-refractivity contribution in [2.45, 2.75) is 41.5 Å². The van der Waals surface area contributed by atoms with Gasteiger partial charge in [-0.15, -0.1) is 0 Å². The minimum atomic E-state index is 1.37. The Morgan fingerprint density at radius 2 is 0.400 bits per heavy atom. The first-order valence-corrected chi connectivity index (χ1v) is 15.6. The van der Waals surface area contributed by atoms with Crippen LogP contribution in [0.25, 0.3) is 0 Å². The van der Waals surface area contributed by atoms with Gasteiger partial charge >= 0.3 is 0 Å². The van der Waals surface area contributed by atoms with E-state index in [1.165, 1.54) is 54.8 Å². The van der Waals surface area contributed by atoms with Gasteiger partial charge in [-0.2, -0.15) is 0 Å². The largest absolute Gasteiger partial charge is 0.0579 e. The fraction of sp³-hybridized carbons (Fsp3) is 0.250. The summed E-state index contributed by atoms with van der Waals surface area (Å²) in [7, 11) is 0. The molecular weight excluding hydrogens is 1050 g/mol. The molecule has 0 aliphatic heterocycles. The van der Waals surface area contributed by atoms with Crippen LogP contribution in [0.3, 0.4) is 0 Å². The average molecular weight is 1070 g/mol. The Balaban J connectivity index is 0.000000225. The quantitative estimate of drug-likeness (QED) is 0.197. The second kappa shape index (κ2) is 14.4. The second-order valence-electron chi connectivity index (χ2n) is 6.98. The highest BCUT2D eigenvalue weighted by Gasteiger charge is 2.02. The topological polar surface area (TPSA) is 0 Å². The molecule has 3 rings (SSSR count). The van der Waals surface area contributed by atoms with Gasteiger partial charge in [0.1, 0.15) is 0 Å². The summed E-state index contributed by atoms with van der Waals surface area (Å²) in [6.07, 6.45) is 0. The Morgan fingerprint density at radius 1 is 0.300 bits per heavy atom. The lowest BCUT2D eigenvalue weighted by Gasteiger charge is -2.02. The highest BCUT2D eigenvalue weighted by Crippen LogP contribution is 2.23. The molecule has 3 aromatic rings. The average Bonchev–Trinajstić information content (AvgIpc) is 2.73. The van der Waals surface area contributed by atoms with E-state index in [4.69, 9.17) is 0 Å². The van der Waals surface area contributed by atoms with Gasteiger partial charge in [-0.25, -0.2) is 0 Å². The number of hydrogen-bond acceptors (Lipinski definition) is 0. The molecule has 30 heavy (non-hydrogen) atoms. The molecule has 0 aromatic heterocycles. The van der Waals surface area contributed by atoms with E-state index in [-0.39, 0.29) is 0 Å². The van der Waals surface area contributed by atoms with E-state index in [0.29, 0.717) is 0 Å². The molecule has 0 nitrogen and oxygen atoms in total. The molecule has 0 aliphatic carbocycles. The molecule has 0 N–H and O–H groups in total. The van der Waals surface area contributed by atoms with E-state index in [0.717, 1.165) is 0 Å². The second-order valence-corrected chi connectivity index (χ2v) is 13.5. The van der Waals surface area contributed by atoms with Gasteiger partial charge in [-0.05, 0) is 210 Å². The molecule has 0 heterocycles. The van der Waals surface area contributed by atoms with Crippen molar-refractivity contribution in [2.75, 3.05) is 0 Å². The minimum absolute atomic E-state index is 1.37. The van der Waals surface area contributed by atoms with Gasteiger partial charge in [0.15, 0.2) is 0 Å². The molecule has 0 spiro atoms. The smallest absolute Gasteiger partial charge is 0.0295 e. The molecule has 3 aromatic carbocycles. The van der Waals surface area contributed by atoms with Crippen LogP contribution in [0.4, 0.5) is 0 Å². The molecule has 0 aliphatic rings. The van der Waals surface area contributed by atoms with E-state index < -0.39 is 0 Å². The lowest BCUT2D eigenvalue weighted by Crippen LogP contribution is -1.88. The zero-order chi connectivity index (χ0) is 23.2. The summed E-state index contributed by atoms with van der Waals surface area (Å²) in [5, 5.41) is 0. The van der Waals surface area contributed by atoms with Crippen LogP contribution in [-0.4, -0.2) is 0 Å². The van der Waals surface area contributed by atoms with Gasteiger partial charge in [0.05, 0.1) is 0 Å². The van der Waals surface area contributed by atoms with Gasteiger partial charge in [0.2, 0.25) is 0 Å². The van der Waals surface area contributed by atoms with Gasteiger partial charge in [0.25, 0.3) is 0 Å². The molecule has 0 bridgehead atoms. The molecule has 0 saturated carbocycles. The third-order valence-corrected chi connectivity index (χ3v) is 15.8. The summed E-state index contributed by atoms with van der Waals surface area (Å²) < 4.78 is 8.32. The zero-order valence-electron chi connectivity index (χ0n) is 17.7. The van der Waals surface area contributed by atoms with Crippen molar-refractivity contribution in [3.63, 3.8) is 0 Å². The van der Waals surface area contributed by atoms with Crippen molar-refractivity contribution in [3.8, 4) is 0 Å². The predicted octanol–water partition coefficient (Wildman–Crippen LogP) is 10.5. The Labute approximate surface area is 263 Å². The first-order valence-electron chi connectivity index (χ1n) is 9.12. The lowest BCUT2D eigenvalue weighted by molar-refractivity contribution is 1.33. The van der Waals surface area contributed by atoms with Crippen LogP contribution in [0, 0.1) is 63.0 Å². The summed E-state index contributed by atoms with van der Waals surface area (Å²) in [6.45, 7) is 12.9. The van der Waals surface area contributed by atoms with Crippen molar-refractivity contribution >= 4 is 136 Å². The van der Waals surface area contributed by atoms with Gasteiger partial charge in [-0.1, -0.05) is 36.4 Å². The number of aryl methyl sites for hydroxylation is 6. The van der Waals surface area contributed by atoms with E-state index in [2.05, 4.69) is 213 Å². The predicted molar refractivity (Wildman–Crippen MR) is 184 cm³/mol. The Bertz CT molecular complexity index is 812. The summed E-state index contributed by atoms with van der Waals surface area (Å²) in [6, 6.07) is 13.0. The van der Waals surface area contributed by atoms with Gasteiger partial charge < -0.3 is 0 Å². The van der Waals surface area contributed by atoms with E-state index in [1.54, 1.807) is 0 Å². The number of halogens is 6. The third kappa shape index (κ3) is 9.01. The van der Waals surface area contributed by atoms with Crippen LogP contribution in [0.5, 0.6) is 0 Å². The Kier molecular flexibility index (Phi) is 14.5. The summed E-state index contributed by atoms with van der Waals surface area (Å²) >= 11 is 14.3. The Hall–Kier alpha value is 2.04. The van der Waals surface area contributed by atoms with Crippen LogP contribution in [0.2, 0.25) is 0 Å². The van der Waals surface area contributed by atoms with Crippen LogP contribution >= 0.6 is 136 Å². The summed E-state index contributed by atoms with van der Waals surface area (Å²) in [5.41, 5.74) is 8.23. The molecule has 0 atom stereocenters. The zero-order valence-corrected chi connectivity index (χ0v) is 30.7. The summed E-state index contributed by atoms with van der Waals surface area (Å²) in [4.78, 5) is 0. The maximum atomic E-state index is 2.39. The molecule has 162 valence electrons. The van der Waals surface area contributed by atoms with Crippen molar-refractivity contribution in [1.29, 1.82) is 0 Å². The molecular formula is C24H24I6. The number of hydrogen-bond donors (Lipinski definition) is 0. The van der Waals surface area contributed by atoms with Crippen molar-refractivity contribution in [1.82, 2.24) is 0 Å². The molecule has 0 fully saturated rings. The van der Waals surface area contributed by atoms with Crippen LogP contribution < -0.4 is 0 Å². The summed E-state index contributed by atoms with van der Waals surface area (Å²) in [5.74, 6) is 0. The van der Waals surface area contributed by atoms with E-state index in [9.17, 15) is 0 Å². The molecule has 6 heteroatoms. The van der Waals surface area contributed by atoms with Crippen LogP contribution in [0.15, 0.2) is 36.4 Å². The van der Waals surface area contributed by atoms with E-state index >= 15 is 0 Å². The molecule has 0 amide bonds. The first-order chi connectivity index (χ1) is 13.9. The van der Waals surface area contributed by atoms with Gasteiger partial charge in [0, 0.05) is 21.4 Å². The molecule has 0 unspecified atom stereocenters. The SMILES string of the molecule is Cc1ccc(C)c(I)c1I.Cc1ccc(C)c(I)c1I.Cc1ccc(C)c(I)c1I. The minimum Gasteiger partial charge on any atom is -0.0579 e.